The zero-order valence-corrected chi connectivity index (χ0v) is 13.1. The van der Waals surface area contributed by atoms with Crippen LogP contribution in [0.1, 0.15) is 15.9 Å². The van der Waals surface area contributed by atoms with E-state index in [1.165, 1.54) is 11.7 Å². The Morgan fingerprint density at radius 2 is 2.22 bits per heavy atom. The molecule has 116 valence electrons. The minimum absolute atomic E-state index is 0.219. The molecule has 0 atom stereocenters. The Morgan fingerprint density at radius 3 is 2.91 bits per heavy atom. The molecule has 0 fully saturated rings. The number of aromatic nitrogens is 3. The number of methoxy groups -OCH3 is 1. The van der Waals surface area contributed by atoms with Crippen LogP contribution in [0.15, 0.2) is 47.5 Å². The fraction of sp³-hybridized carbons (Fsp3) is 0.125. The third-order valence-electron chi connectivity index (χ3n) is 3.47. The second kappa shape index (κ2) is 6.13. The number of aromatic amines is 1. The maximum atomic E-state index is 12.6. The van der Waals surface area contributed by atoms with Gasteiger partial charge >= 0.3 is 5.97 Å². The van der Waals surface area contributed by atoms with Crippen LogP contribution in [0, 0.1) is 4.77 Å². The number of nitrogens with zero attached hydrogens (tertiary/aromatic N) is 2. The van der Waals surface area contributed by atoms with Crippen molar-refractivity contribution in [2.24, 2.45) is 0 Å². The first-order valence-electron chi connectivity index (χ1n) is 6.84. The van der Waals surface area contributed by atoms with Crippen LogP contribution >= 0.6 is 12.2 Å². The molecule has 0 spiro atoms. The second-order valence-electron chi connectivity index (χ2n) is 4.93. The molecule has 1 aromatic carbocycles. The Labute approximate surface area is 136 Å². The van der Waals surface area contributed by atoms with Crippen LogP contribution in [0.3, 0.4) is 0 Å². The SMILES string of the molecule is COC(=O)c1ccc2c(=O)n(Cc3cccnc3)c(=S)[nH]c2c1. The molecule has 0 unspecified atom stereocenters. The summed E-state index contributed by atoms with van der Waals surface area (Å²) in [6, 6.07) is 8.39. The van der Waals surface area contributed by atoms with Crippen molar-refractivity contribution >= 4 is 29.1 Å². The lowest BCUT2D eigenvalue weighted by molar-refractivity contribution is 0.0601. The average molecular weight is 327 g/mol. The first kappa shape index (κ1) is 15.1. The van der Waals surface area contributed by atoms with Crippen molar-refractivity contribution in [3.05, 3.63) is 69.0 Å². The molecule has 3 aromatic rings. The summed E-state index contributed by atoms with van der Waals surface area (Å²) in [5, 5.41) is 0.454. The second-order valence-corrected chi connectivity index (χ2v) is 5.32. The lowest BCUT2D eigenvalue weighted by Gasteiger charge is -2.08. The Bertz CT molecular complexity index is 993. The Hall–Kier alpha value is -2.80. The van der Waals surface area contributed by atoms with Crippen molar-refractivity contribution in [1.29, 1.82) is 0 Å². The van der Waals surface area contributed by atoms with Gasteiger partial charge in [0.25, 0.3) is 5.56 Å². The van der Waals surface area contributed by atoms with Gasteiger partial charge in [0.2, 0.25) is 0 Å². The average Bonchev–Trinajstić information content (AvgIpc) is 2.58. The van der Waals surface area contributed by atoms with Gasteiger partial charge in [-0.15, -0.1) is 0 Å². The van der Waals surface area contributed by atoms with Gasteiger partial charge in [-0.05, 0) is 42.0 Å². The summed E-state index contributed by atoms with van der Waals surface area (Å²) in [4.78, 5) is 31.2. The summed E-state index contributed by atoms with van der Waals surface area (Å²) < 4.78 is 6.43. The molecule has 23 heavy (non-hydrogen) atoms. The molecular formula is C16H13N3O3S. The number of nitrogens with one attached hydrogen (secondary N) is 1. The molecule has 0 aliphatic heterocycles. The van der Waals surface area contributed by atoms with Gasteiger partial charge < -0.3 is 9.72 Å². The van der Waals surface area contributed by atoms with Crippen LogP contribution in [-0.4, -0.2) is 27.6 Å². The van der Waals surface area contributed by atoms with Crippen LogP contribution in [0.2, 0.25) is 0 Å². The van der Waals surface area contributed by atoms with Gasteiger partial charge in [0.15, 0.2) is 4.77 Å². The lowest BCUT2D eigenvalue weighted by Crippen LogP contribution is -2.23. The summed E-state index contributed by atoms with van der Waals surface area (Å²) >= 11 is 5.27. The fourth-order valence-corrected chi connectivity index (χ4v) is 2.57. The molecule has 1 N–H and O–H groups in total. The van der Waals surface area contributed by atoms with Gasteiger partial charge in [-0.1, -0.05) is 6.07 Å². The van der Waals surface area contributed by atoms with Crippen LogP contribution in [0.25, 0.3) is 10.9 Å². The van der Waals surface area contributed by atoms with Crippen molar-refractivity contribution < 1.29 is 9.53 Å². The molecule has 3 rings (SSSR count). The number of esters is 1. The monoisotopic (exact) mass is 327 g/mol. The zero-order chi connectivity index (χ0) is 16.4. The van der Waals surface area contributed by atoms with E-state index in [2.05, 4.69) is 14.7 Å². The van der Waals surface area contributed by atoms with E-state index in [4.69, 9.17) is 12.2 Å². The number of ether oxygens (including phenoxy) is 1. The van der Waals surface area contributed by atoms with Crippen molar-refractivity contribution in [2.75, 3.05) is 7.11 Å². The molecule has 0 radical (unpaired) electrons. The summed E-state index contributed by atoms with van der Waals surface area (Å²) in [5.74, 6) is -0.467. The molecule has 0 saturated carbocycles. The minimum atomic E-state index is -0.467. The molecule has 6 nitrogen and oxygen atoms in total. The van der Waals surface area contributed by atoms with Gasteiger partial charge in [0.05, 0.1) is 30.1 Å². The third kappa shape index (κ3) is 2.91. The quantitative estimate of drug-likeness (QED) is 0.590. The third-order valence-corrected chi connectivity index (χ3v) is 3.79. The maximum Gasteiger partial charge on any atom is 0.337 e. The predicted octanol–water partition coefficient (Wildman–Crippen LogP) is 2.29. The number of carbonyl (C=O) groups excluding carboxylic acids is 1. The lowest BCUT2D eigenvalue weighted by atomic mass is 10.1. The van der Waals surface area contributed by atoms with E-state index in [-0.39, 0.29) is 10.3 Å². The molecule has 0 saturated heterocycles. The Morgan fingerprint density at radius 1 is 1.39 bits per heavy atom. The number of rotatable bonds is 3. The molecule has 0 aliphatic rings. The molecule has 2 heterocycles. The number of H-pyrrole nitrogens is 1. The first-order valence-corrected chi connectivity index (χ1v) is 7.25. The van der Waals surface area contributed by atoms with Crippen LogP contribution in [0.5, 0.6) is 0 Å². The number of benzene rings is 1. The van der Waals surface area contributed by atoms with Gasteiger partial charge in [0.1, 0.15) is 0 Å². The van der Waals surface area contributed by atoms with E-state index in [9.17, 15) is 9.59 Å². The normalized spacial score (nSPS) is 10.7. The Kier molecular flexibility index (Phi) is 4.03. The number of fused-ring (bicyclic) bond motifs is 1. The maximum absolute atomic E-state index is 12.6. The minimum Gasteiger partial charge on any atom is -0.465 e. The highest BCUT2D eigenvalue weighted by Gasteiger charge is 2.10. The molecule has 0 bridgehead atoms. The zero-order valence-electron chi connectivity index (χ0n) is 12.3. The summed E-state index contributed by atoms with van der Waals surface area (Å²) in [7, 11) is 1.31. The number of hydrogen-bond acceptors (Lipinski definition) is 5. The number of carbonyl (C=O) groups is 1. The summed E-state index contributed by atoms with van der Waals surface area (Å²) in [6.45, 7) is 0.330. The fourth-order valence-electron chi connectivity index (χ4n) is 2.32. The number of hydrogen-bond donors (Lipinski definition) is 1. The van der Waals surface area contributed by atoms with Crippen LogP contribution in [-0.2, 0) is 11.3 Å². The molecule has 2 aromatic heterocycles. The predicted molar refractivity (Wildman–Crippen MR) is 88.1 cm³/mol. The summed E-state index contributed by atoms with van der Waals surface area (Å²) in [5.41, 5.74) is 1.52. The van der Waals surface area contributed by atoms with E-state index in [1.807, 2.05) is 6.07 Å². The van der Waals surface area contributed by atoms with Crippen molar-refractivity contribution in [3.63, 3.8) is 0 Å². The molecule has 0 aliphatic carbocycles. The van der Waals surface area contributed by atoms with Crippen LogP contribution < -0.4 is 5.56 Å². The Balaban J connectivity index is 2.13. The standard InChI is InChI=1S/C16H13N3O3S/c1-22-15(21)11-4-5-12-13(7-11)18-16(23)19(14(12)20)9-10-3-2-6-17-8-10/h2-8H,9H2,1H3,(H,18,23). The smallest absolute Gasteiger partial charge is 0.337 e. The molecule has 7 heteroatoms. The highest BCUT2D eigenvalue weighted by atomic mass is 32.1. The molecule has 0 amide bonds. The largest absolute Gasteiger partial charge is 0.465 e. The topological polar surface area (TPSA) is 77.0 Å². The van der Waals surface area contributed by atoms with Crippen molar-refractivity contribution in [3.8, 4) is 0 Å². The van der Waals surface area contributed by atoms with E-state index in [1.54, 1.807) is 36.7 Å². The van der Waals surface area contributed by atoms with Gasteiger partial charge in [-0.3, -0.25) is 14.3 Å². The summed E-state index contributed by atoms with van der Waals surface area (Å²) in [6.07, 6.45) is 3.35. The highest BCUT2D eigenvalue weighted by molar-refractivity contribution is 7.71. The molecular weight excluding hydrogens is 314 g/mol. The van der Waals surface area contributed by atoms with Crippen molar-refractivity contribution in [2.45, 2.75) is 6.54 Å². The van der Waals surface area contributed by atoms with E-state index < -0.39 is 5.97 Å². The van der Waals surface area contributed by atoms with E-state index in [0.717, 1.165) is 5.56 Å². The van der Waals surface area contributed by atoms with E-state index >= 15 is 0 Å². The first-order chi connectivity index (χ1) is 11.1. The van der Waals surface area contributed by atoms with E-state index in [0.29, 0.717) is 23.0 Å². The number of pyridine rings is 1. The van der Waals surface area contributed by atoms with Gasteiger partial charge in [0, 0.05) is 12.4 Å². The van der Waals surface area contributed by atoms with Gasteiger partial charge in [-0.25, -0.2) is 4.79 Å². The highest BCUT2D eigenvalue weighted by Crippen LogP contribution is 2.12. The van der Waals surface area contributed by atoms with Gasteiger partial charge in [-0.2, -0.15) is 0 Å². The van der Waals surface area contributed by atoms with Crippen LogP contribution in [0.4, 0.5) is 0 Å². The van der Waals surface area contributed by atoms with Crippen molar-refractivity contribution in [1.82, 2.24) is 14.5 Å².